The first-order valence-corrected chi connectivity index (χ1v) is 19.4. The highest BCUT2D eigenvalue weighted by Crippen LogP contribution is 2.46. The molecule has 0 spiro atoms. The van der Waals surface area contributed by atoms with Gasteiger partial charge in [-0.3, -0.25) is 0 Å². The summed E-state index contributed by atoms with van der Waals surface area (Å²) < 4.78 is 44.4. The van der Waals surface area contributed by atoms with E-state index in [4.69, 9.17) is 33.2 Å². The van der Waals surface area contributed by atoms with E-state index in [-0.39, 0.29) is 34.1 Å². The van der Waals surface area contributed by atoms with E-state index >= 15 is 0 Å². The molecule has 0 aliphatic carbocycles. The van der Waals surface area contributed by atoms with Gasteiger partial charge in [-0.2, -0.15) is 0 Å². The average Bonchev–Trinajstić information content (AvgIpc) is 3.50. The van der Waals surface area contributed by atoms with Crippen LogP contribution in [0.5, 0.6) is 34.5 Å². The van der Waals surface area contributed by atoms with Crippen LogP contribution >= 0.6 is 0 Å². The maximum atomic E-state index is 12.4. The van der Waals surface area contributed by atoms with Crippen molar-refractivity contribution in [2.75, 3.05) is 19.8 Å². The molecule has 7 rings (SSSR count). The Kier molecular flexibility index (Phi) is 13.9. The van der Waals surface area contributed by atoms with Crippen LogP contribution in [-0.4, -0.2) is 183 Å². The summed E-state index contributed by atoms with van der Waals surface area (Å²) in [4.78, 5) is 12.4. The number of esters is 1. The topological polar surface area (TPSA) is 357 Å². The number of ether oxygens (including phenoxy) is 8. The Labute approximate surface area is 356 Å². The zero-order valence-electron chi connectivity index (χ0n) is 32.7. The van der Waals surface area contributed by atoms with E-state index in [2.05, 4.69) is 4.74 Å². The van der Waals surface area contributed by atoms with E-state index in [9.17, 15) is 71.2 Å². The first-order chi connectivity index (χ1) is 30.0. The second-order valence-electron chi connectivity index (χ2n) is 15.1. The predicted octanol–water partition coefficient (Wildman–Crippen LogP) is -2.08. The first-order valence-electron chi connectivity index (χ1n) is 19.4. The summed E-state index contributed by atoms with van der Waals surface area (Å²) in [6.07, 6.45) is -21.5. The number of phenolic OH excluding ortho intramolecular Hbond substituents is 5. The van der Waals surface area contributed by atoms with Gasteiger partial charge in [0.1, 0.15) is 96.6 Å². The molecule has 3 fully saturated rings. The highest BCUT2D eigenvalue weighted by atomic mass is 16.7. The Hall–Kier alpha value is -5.31. The Morgan fingerprint density at radius 3 is 1.97 bits per heavy atom. The fourth-order valence-electron chi connectivity index (χ4n) is 7.20. The molecule has 2 unspecified atom stereocenters. The molecule has 22 heteroatoms. The van der Waals surface area contributed by atoms with Crippen molar-refractivity contribution in [3.05, 3.63) is 83.1 Å². The van der Waals surface area contributed by atoms with Gasteiger partial charge in [0.15, 0.2) is 29.8 Å². The van der Waals surface area contributed by atoms with Crippen molar-refractivity contribution >= 4 is 18.1 Å². The highest BCUT2D eigenvalue weighted by molar-refractivity contribution is 5.87. The third-order valence-corrected chi connectivity index (χ3v) is 10.7. The molecule has 3 aromatic carbocycles. The quantitative estimate of drug-likeness (QED) is 0.0379. The molecule has 0 radical (unpaired) electrons. The van der Waals surface area contributed by atoms with Gasteiger partial charge in [-0.1, -0.05) is 12.1 Å². The van der Waals surface area contributed by atoms with Crippen molar-refractivity contribution < 1.29 is 109 Å². The van der Waals surface area contributed by atoms with Crippen LogP contribution in [0.4, 0.5) is 0 Å². The maximum absolute atomic E-state index is 12.4. The monoisotopic (exact) mass is 891 g/mol. The number of phenols is 5. The van der Waals surface area contributed by atoms with Crippen molar-refractivity contribution in [2.24, 2.45) is 0 Å². The predicted molar refractivity (Wildman–Crippen MR) is 207 cm³/mol. The van der Waals surface area contributed by atoms with Gasteiger partial charge in [0.2, 0.25) is 6.29 Å². The smallest absolute Gasteiger partial charge is 0.330 e. The van der Waals surface area contributed by atoms with Gasteiger partial charge < -0.3 is 104 Å². The van der Waals surface area contributed by atoms with Crippen LogP contribution in [-0.2, 0) is 38.0 Å². The number of carbonyl (C=O) groups is 1. The van der Waals surface area contributed by atoms with Crippen LogP contribution in [0.1, 0.15) is 22.8 Å². The number of hydrogen-bond donors (Lipinski definition) is 13. The molecule has 3 saturated heterocycles. The SMILES string of the molecule is O=C(/C=C/c1ccc(O)cc1)OC[C@H]1O[C@@H](OC[C@H]2O[C@@H](OC3=Cc4c(O)cc(O)cc4[OH+]C3c3ccc(O)c(O)c3)[C@H](OCC3O[C@@H](O)[C@H](O)[C@H]3O)[C@@H](O)[C@H]2O)[C@H](O)[C@@H](O)[C@@H]1O. The van der Waals surface area contributed by atoms with E-state index in [0.717, 1.165) is 18.2 Å². The molecule has 342 valence electrons. The second kappa shape index (κ2) is 19.2. The largest absolute Gasteiger partial charge is 0.571 e. The van der Waals surface area contributed by atoms with Crippen LogP contribution in [0.15, 0.2) is 66.4 Å². The van der Waals surface area contributed by atoms with Gasteiger partial charge in [0, 0.05) is 18.2 Å². The minimum absolute atomic E-state index is 0.0199. The molecule has 63 heavy (non-hydrogen) atoms. The normalized spacial score (nSPS) is 34.2. The average molecular weight is 892 g/mol. The van der Waals surface area contributed by atoms with E-state index in [1.165, 1.54) is 54.6 Å². The van der Waals surface area contributed by atoms with Crippen molar-refractivity contribution in [3.63, 3.8) is 0 Å². The zero-order chi connectivity index (χ0) is 45.3. The van der Waals surface area contributed by atoms with Crippen LogP contribution in [0.2, 0.25) is 0 Å². The Morgan fingerprint density at radius 2 is 1.27 bits per heavy atom. The van der Waals surface area contributed by atoms with Crippen molar-refractivity contribution in [2.45, 2.75) is 92.1 Å². The van der Waals surface area contributed by atoms with E-state index in [0.29, 0.717) is 5.56 Å². The molecule has 3 aromatic rings. The Morgan fingerprint density at radius 1 is 0.619 bits per heavy atom. The molecule has 0 aromatic heterocycles. The van der Waals surface area contributed by atoms with Crippen LogP contribution < -0.4 is 0 Å². The number of aromatic hydroxyl groups is 6. The number of aliphatic hydroxyl groups excluding tert-OH is 8. The molecule has 22 nitrogen and oxygen atoms in total. The van der Waals surface area contributed by atoms with Gasteiger partial charge in [0.25, 0.3) is 11.9 Å². The summed E-state index contributed by atoms with van der Waals surface area (Å²) in [6, 6.07) is 11.9. The molecule has 4 heterocycles. The lowest BCUT2D eigenvalue weighted by Gasteiger charge is -2.44. The Balaban J connectivity index is 1.10. The van der Waals surface area contributed by atoms with Gasteiger partial charge in [0.05, 0.1) is 24.8 Å². The number of aliphatic hydroxyl groups is 9. The van der Waals surface area contributed by atoms with Crippen molar-refractivity contribution in [1.29, 1.82) is 0 Å². The summed E-state index contributed by atoms with van der Waals surface area (Å²) in [5.74, 6) is -2.67. The fraction of sp³-hybridized carbons (Fsp3) is 0.439. The molecule has 4 aliphatic heterocycles. The first kappa shape index (κ1) is 45.7. The lowest BCUT2D eigenvalue weighted by molar-refractivity contribution is -0.333. The summed E-state index contributed by atoms with van der Waals surface area (Å²) in [5.41, 5.74) is 0.824. The third kappa shape index (κ3) is 10.1. The van der Waals surface area contributed by atoms with E-state index in [1.807, 2.05) is 0 Å². The fourth-order valence-corrected chi connectivity index (χ4v) is 7.20. The van der Waals surface area contributed by atoms with Gasteiger partial charge in [-0.05, 0) is 42.0 Å². The third-order valence-electron chi connectivity index (χ3n) is 10.7. The minimum atomic E-state index is -1.92. The van der Waals surface area contributed by atoms with Crippen LogP contribution in [0.25, 0.3) is 12.2 Å². The number of rotatable bonds is 13. The highest BCUT2D eigenvalue weighted by Gasteiger charge is 2.51. The summed E-state index contributed by atoms with van der Waals surface area (Å²) in [7, 11) is 0. The molecule has 0 saturated carbocycles. The maximum Gasteiger partial charge on any atom is 0.330 e. The van der Waals surface area contributed by atoms with Gasteiger partial charge in [-0.15, -0.1) is 0 Å². The standard InChI is InChI=1S/C41H46O22/c42-18-5-1-16(2-6-18)3-8-29(47)56-13-27-30(48)33(51)36(54)40(62-27)58-15-28-31(49)34(52)38(57-14-26-32(50)35(53)39(55)60-26)41(63-28)61-25-12-20-22(45)10-19(43)11-24(20)59-37(25)17-4-7-21(44)23(46)9-17/h1-12,26-28,30-46,48-55H,13-15H2/p+1/b8-3+/t26?,27-,28-,30-,31+,32+,33+,34+,35-,36-,37?,38-,39-,40-,41-/m1/s1. The lowest BCUT2D eigenvalue weighted by atomic mass is 9.97. The number of fused-ring (bicyclic) bond motifs is 1. The van der Waals surface area contributed by atoms with Crippen LogP contribution in [0.3, 0.4) is 0 Å². The molecular weight excluding hydrogens is 844 g/mol. The number of hydrogen-bond acceptors (Lipinski definition) is 21. The second-order valence-corrected chi connectivity index (χ2v) is 15.1. The molecular formula is C41H47O22+. The zero-order valence-corrected chi connectivity index (χ0v) is 32.7. The molecule has 0 bridgehead atoms. The van der Waals surface area contributed by atoms with E-state index in [1.54, 1.807) is 0 Å². The molecule has 14 N–H and O–H groups in total. The molecule has 0 amide bonds. The lowest BCUT2D eigenvalue weighted by Crippen LogP contribution is -2.62. The Bertz CT molecular complexity index is 2130. The molecule has 15 atom stereocenters. The number of carbonyl (C=O) groups excluding carboxylic acids is 1. The van der Waals surface area contributed by atoms with Crippen molar-refractivity contribution in [1.82, 2.24) is 0 Å². The van der Waals surface area contributed by atoms with E-state index < -0.39 is 135 Å². The van der Waals surface area contributed by atoms with Crippen LogP contribution in [0, 0.1) is 0 Å². The number of benzene rings is 3. The summed E-state index contributed by atoms with van der Waals surface area (Å²) in [6.45, 7) is -1.95. The van der Waals surface area contributed by atoms with Crippen molar-refractivity contribution in [3.8, 4) is 34.5 Å². The summed E-state index contributed by atoms with van der Waals surface area (Å²) in [5, 5.41) is 136. The van der Waals surface area contributed by atoms with Gasteiger partial charge in [-0.25, -0.2) is 4.79 Å². The molecule has 4 aliphatic rings. The van der Waals surface area contributed by atoms with Gasteiger partial charge >= 0.3 is 5.97 Å². The summed E-state index contributed by atoms with van der Waals surface area (Å²) >= 11 is 0. The minimum Gasteiger partial charge on any atom is -0.571 e.